The summed E-state index contributed by atoms with van der Waals surface area (Å²) in [5.41, 5.74) is 8.56. The van der Waals surface area contributed by atoms with E-state index in [1.54, 1.807) is 0 Å². The minimum atomic E-state index is -0.247. The van der Waals surface area contributed by atoms with Crippen molar-refractivity contribution in [3.05, 3.63) is 29.3 Å². The molecule has 0 aromatic heterocycles. The molecule has 0 aliphatic carbocycles. The summed E-state index contributed by atoms with van der Waals surface area (Å²) in [7, 11) is 0. The Balaban J connectivity index is 2.01. The molecule has 1 unspecified atom stereocenters. The molecule has 23 heavy (non-hydrogen) atoms. The number of amides is 2. The standard InChI is InChI=1S/C18H27N3O2/c1-12(2)15-8-4-6-13(3)17(15)20-16(22)11-21-9-5-7-14(10-21)18(19)23/h4,6,8,12,14H,5,7,9-11H2,1-3H3,(H2,19,23)(H,20,22)/p+1/t14-/m0/s1. The van der Waals surface area contributed by atoms with E-state index in [1.807, 2.05) is 19.1 Å². The van der Waals surface area contributed by atoms with Crippen LogP contribution >= 0.6 is 0 Å². The predicted octanol–water partition coefficient (Wildman–Crippen LogP) is 0.837. The maximum absolute atomic E-state index is 12.4. The summed E-state index contributed by atoms with van der Waals surface area (Å²) in [6, 6.07) is 6.09. The molecule has 126 valence electrons. The van der Waals surface area contributed by atoms with Crippen molar-refractivity contribution in [2.24, 2.45) is 11.7 Å². The lowest BCUT2D eigenvalue weighted by Crippen LogP contribution is -3.14. The molecule has 1 saturated heterocycles. The van der Waals surface area contributed by atoms with Gasteiger partial charge in [0, 0.05) is 5.69 Å². The number of quaternary nitrogens is 1. The molecule has 1 aromatic rings. The molecule has 4 N–H and O–H groups in total. The molecule has 0 radical (unpaired) electrons. The van der Waals surface area contributed by atoms with Gasteiger partial charge in [0.2, 0.25) is 5.91 Å². The van der Waals surface area contributed by atoms with Crippen molar-refractivity contribution in [3.8, 4) is 0 Å². The van der Waals surface area contributed by atoms with Gasteiger partial charge < -0.3 is 16.0 Å². The highest BCUT2D eigenvalue weighted by molar-refractivity contribution is 5.93. The third kappa shape index (κ3) is 4.55. The number of anilines is 1. The molecule has 1 aliphatic heterocycles. The summed E-state index contributed by atoms with van der Waals surface area (Å²) >= 11 is 0. The number of hydrogen-bond donors (Lipinski definition) is 3. The van der Waals surface area contributed by atoms with Crippen LogP contribution in [0.5, 0.6) is 0 Å². The fraction of sp³-hybridized carbons (Fsp3) is 0.556. The van der Waals surface area contributed by atoms with Crippen molar-refractivity contribution in [2.75, 3.05) is 25.0 Å². The van der Waals surface area contributed by atoms with E-state index in [-0.39, 0.29) is 17.7 Å². The Morgan fingerprint density at radius 3 is 2.78 bits per heavy atom. The zero-order chi connectivity index (χ0) is 17.0. The van der Waals surface area contributed by atoms with Crippen LogP contribution in [-0.2, 0) is 9.59 Å². The highest BCUT2D eigenvalue weighted by Gasteiger charge is 2.28. The number of benzene rings is 1. The molecule has 5 nitrogen and oxygen atoms in total. The number of carbonyl (C=O) groups excluding carboxylic acids is 2. The van der Waals surface area contributed by atoms with Gasteiger partial charge in [-0.3, -0.25) is 9.59 Å². The van der Waals surface area contributed by atoms with Crippen molar-refractivity contribution in [1.29, 1.82) is 0 Å². The molecule has 5 heteroatoms. The molecule has 0 bridgehead atoms. The van der Waals surface area contributed by atoms with E-state index in [9.17, 15) is 9.59 Å². The van der Waals surface area contributed by atoms with Crippen LogP contribution in [0.4, 0.5) is 5.69 Å². The third-order valence-electron chi connectivity index (χ3n) is 4.62. The lowest BCUT2D eigenvalue weighted by Gasteiger charge is -2.28. The number of likely N-dealkylation sites (tertiary alicyclic amines) is 1. The van der Waals surface area contributed by atoms with Crippen LogP contribution in [0, 0.1) is 12.8 Å². The molecular formula is C18H28N3O2+. The molecule has 0 saturated carbocycles. The second-order valence-electron chi connectivity index (χ2n) is 6.86. The number of hydrogen-bond acceptors (Lipinski definition) is 2. The van der Waals surface area contributed by atoms with Crippen molar-refractivity contribution < 1.29 is 14.5 Å². The van der Waals surface area contributed by atoms with E-state index in [0.717, 1.165) is 41.1 Å². The van der Waals surface area contributed by atoms with Gasteiger partial charge in [-0.25, -0.2) is 0 Å². The fourth-order valence-corrected chi connectivity index (χ4v) is 3.31. The number of carbonyl (C=O) groups is 2. The van der Waals surface area contributed by atoms with Gasteiger partial charge in [-0.15, -0.1) is 0 Å². The van der Waals surface area contributed by atoms with E-state index in [0.29, 0.717) is 19.0 Å². The average molecular weight is 318 g/mol. The second-order valence-corrected chi connectivity index (χ2v) is 6.86. The SMILES string of the molecule is Cc1cccc(C(C)C)c1NC(=O)C[NH+]1CCC[C@H](C(N)=O)C1. The topological polar surface area (TPSA) is 76.6 Å². The molecule has 1 aromatic carbocycles. The highest BCUT2D eigenvalue weighted by atomic mass is 16.2. The van der Waals surface area contributed by atoms with E-state index in [4.69, 9.17) is 5.73 Å². The molecule has 1 fully saturated rings. The average Bonchev–Trinajstić information content (AvgIpc) is 2.49. The first-order valence-corrected chi connectivity index (χ1v) is 8.40. The predicted molar refractivity (Wildman–Crippen MR) is 91.4 cm³/mol. The van der Waals surface area contributed by atoms with Gasteiger partial charge in [0.15, 0.2) is 6.54 Å². The summed E-state index contributed by atoms with van der Waals surface area (Å²) in [5, 5.41) is 3.08. The summed E-state index contributed by atoms with van der Waals surface area (Å²) < 4.78 is 0. The quantitative estimate of drug-likeness (QED) is 0.752. The maximum atomic E-state index is 12.4. The van der Waals surface area contributed by atoms with E-state index < -0.39 is 0 Å². The molecular weight excluding hydrogens is 290 g/mol. The lowest BCUT2D eigenvalue weighted by atomic mass is 9.97. The monoisotopic (exact) mass is 318 g/mol. The molecule has 2 atom stereocenters. The number of para-hydroxylation sites is 1. The number of nitrogens with two attached hydrogens (primary N) is 1. The summed E-state index contributed by atoms with van der Waals surface area (Å²) in [6.07, 6.45) is 1.79. The summed E-state index contributed by atoms with van der Waals surface area (Å²) in [5.74, 6) is 0.00735. The smallest absolute Gasteiger partial charge is 0.279 e. The largest absolute Gasteiger partial charge is 0.369 e. The number of nitrogens with one attached hydrogen (secondary N) is 2. The van der Waals surface area contributed by atoms with Gasteiger partial charge in [0.05, 0.1) is 19.0 Å². The molecule has 2 rings (SSSR count). The zero-order valence-corrected chi connectivity index (χ0v) is 14.3. The maximum Gasteiger partial charge on any atom is 0.279 e. The van der Waals surface area contributed by atoms with Crippen molar-refractivity contribution in [3.63, 3.8) is 0 Å². The van der Waals surface area contributed by atoms with Crippen LogP contribution < -0.4 is 16.0 Å². The lowest BCUT2D eigenvalue weighted by molar-refractivity contribution is -0.899. The Morgan fingerprint density at radius 1 is 1.39 bits per heavy atom. The van der Waals surface area contributed by atoms with Gasteiger partial charge in [-0.1, -0.05) is 32.0 Å². The van der Waals surface area contributed by atoms with Crippen LogP contribution in [0.15, 0.2) is 18.2 Å². The minimum Gasteiger partial charge on any atom is -0.369 e. The zero-order valence-electron chi connectivity index (χ0n) is 14.3. The fourth-order valence-electron chi connectivity index (χ4n) is 3.31. The Kier molecular flexibility index (Phi) is 5.77. The summed E-state index contributed by atoms with van der Waals surface area (Å²) in [4.78, 5) is 24.9. The number of piperidine rings is 1. The minimum absolute atomic E-state index is 0.00122. The van der Waals surface area contributed by atoms with Gasteiger partial charge >= 0.3 is 0 Å². The van der Waals surface area contributed by atoms with Crippen molar-refractivity contribution in [2.45, 2.75) is 39.5 Å². The van der Waals surface area contributed by atoms with Gasteiger partial charge in [-0.05, 0) is 36.8 Å². The first-order chi connectivity index (χ1) is 10.9. The van der Waals surface area contributed by atoms with Crippen LogP contribution in [0.25, 0.3) is 0 Å². The molecule has 1 heterocycles. The number of rotatable bonds is 5. The molecule has 0 spiro atoms. The first-order valence-electron chi connectivity index (χ1n) is 8.40. The van der Waals surface area contributed by atoms with Gasteiger partial charge in [0.1, 0.15) is 0 Å². The van der Waals surface area contributed by atoms with Gasteiger partial charge in [0.25, 0.3) is 5.91 Å². The Morgan fingerprint density at radius 2 is 2.13 bits per heavy atom. The van der Waals surface area contributed by atoms with Crippen LogP contribution in [0.2, 0.25) is 0 Å². The van der Waals surface area contributed by atoms with E-state index in [1.165, 1.54) is 0 Å². The van der Waals surface area contributed by atoms with Crippen LogP contribution in [0.1, 0.15) is 43.7 Å². The number of primary amides is 1. The van der Waals surface area contributed by atoms with Crippen molar-refractivity contribution >= 4 is 17.5 Å². The third-order valence-corrected chi connectivity index (χ3v) is 4.62. The Hall–Kier alpha value is -1.88. The van der Waals surface area contributed by atoms with Gasteiger partial charge in [-0.2, -0.15) is 0 Å². The van der Waals surface area contributed by atoms with Crippen molar-refractivity contribution in [1.82, 2.24) is 0 Å². The number of aryl methyl sites for hydroxylation is 1. The van der Waals surface area contributed by atoms with Crippen LogP contribution in [0.3, 0.4) is 0 Å². The normalized spacial score (nSPS) is 21.2. The van der Waals surface area contributed by atoms with Crippen LogP contribution in [-0.4, -0.2) is 31.4 Å². The Bertz CT molecular complexity index is 584. The second kappa shape index (κ2) is 7.59. The first kappa shape index (κ1) is 17.5. The summed E-state index contributed by atoms with van der Waals surface area (Å²) in [6.45, 7) is 8.22. The van der Waals surface area contributed by atoms with E-state index in [2.05, 4.69) is 25.2 Å². The molecule has 2 amide bonds. The Labute approximate surface area is 138 Å². The van der Waals surface area contributed by atoms with E-state index >= 15 is 0 Å². The molecule has 1 aliphatic rings. The highest BCUT2D eigenvalue weighted by Crippen LogP contribution is 2.27.